The molecule has 15 heavy (non-hydrogen) atoms. The van der Waals surface area contributed by atoms with Gasteiger partial charge in [0.1, 0.15) is 0 Å². The molecule has 0 fully saturated rings. The summed E-state index contributed by atoms with van der Waals surface area (Å²) in [5.41, 5.74) is 0. The molecular weight excluding hydrogens is 226 g/mol. The second-order valence-electron chi connectivity index (χ2n) is 0.346. The topological polar surface area (TPSA) is 376 Å². The molecule has 0 bridgehead atoms. The molecule has 0 unspecified atom stereocenters. The maximum absolute atomic E-state index is 7.17. The Kier molecular flexibility index (Phi) is 5060. The van der Waals surface area contributed by atoms with Crippen LogP contribution in [0.3, 0.4) is 0 Å². The van der Waals surface area contributed by atoms with Gasteiger partial charge in [0.2, 0.25) is 0 Å². The van der Waals surface area contributed by atoms with Crippen molar-refractivity contribution in [2.24, 2.45) is 0 Å². The van der Waals surface area contributed by atoms with Crippen LogP contribution in [-0.2, 0) is 0 Å². The van der Waals surface area contributed by atoms with Crippen molar-refractivity contribution in [3.8, 4) is 0 Å². The molecule has 0 aromatic rings. The summed E-state index contributed by atoms with van der Waals surface area (Å²) >= 11 is 0. The molecule has 13 nitrogen and oxygen atoms in total. The summed E-state index contributed by atoms with van der Waals surface area (Å²) in [5, 5.41) is 21.5. The van der Waals surface area contributed by atoms with Crippen molar-refractivity contribution in [2.75, 3.05) is 0 Å². The predicted octanol–water partition coefficient (Wildman–Crippen LogP) is -10.9. The fourth-order valence-electron chi connectivity index (χ4n) is 0. The van der Waals surface area contributed by atoms with Crippen LogP contribution in [0.25, 0.3) is 0 Å². The summed E-state index contributed by atoms with van der Waals surface area (Å²) in [6, 6.07) is 0. The third kappa shape index (κ3) is 103000. The van der Waals surface area contributed by atoms with Crippen LogP contribution in [-0.4, -0.2) is 96.0 Å². The molecule has 0 radical (unpaired) electrons. The van der Waals surface area contributed by atoms with Gasteiger partial charge in [-0.25, -0.2) is 0 Å². The van der Waals surface area contributed by atoms with Crippen LogP contribution in [0.2, 0.25) is 0 Å². The van der Waals surface area contributed by atoms with Crippen LogP contribution in [0.1, 0.15) is 0 Å². The Morgan fingerprint density at radius 3 is 0.400 bits per heavy atom. The first-order chi connectivity index (χ1) is 1.73. The van der Waals surface area contributed by atoms with Gasteiger partial charge in [-0.3, -0.25) is 0 Å². The van der Waals surface area contributed by atoms with Gasteiger partial charge in [0.15, 0.2) is 0 Å². The molecular formula is H24BLiO13. The molecule has 106 valence electrons. The molecule has 0 aliphatic carbocycles. The van der Waals surface area contributed by atoms with Crippen molar-refractivity contribution in [3.05, 3.63) is 0 Å². The van der Waals surface area contributed by atoms with Gasteiger partial charge in [0.05, 0.1) is 0 Å². The first-order valence-corrected chi connectivity index (χ1v) is 0.775. The average molecular weight is 250 g/mol. The summed E-state index contributed by atoms with van der Waals surface area (Å²) in [4.78, 5) is 0. The van der Waals surface area contributed by atoms with Crippen LogP contribution in [0.5, 0.6) is 0 Å². The van der Waals surface area contributed by atoms with E-state index in [1.165, 1.54) is 0 Å². The van der Waals surface area contributed by atoms with E-state index in [-0.39, 0.29) is 73.6 Å². The number of hydrogen-bond donors (Lipinski definition) is 3. The Morgan fingerprint density at radius 2 is 0.400 bits per heavy atom. The van der Waals surface area contributed by atoms with E-state index in [9.17, 15) is 0 Å². The van der Waals surface area contributed by atoms with Crippen LogP contribution >= 0.6 is 0 Å². The minimum absolute atomic E-state index is 0. The second kappa shape index (κ2) is 247. The molecule has 15 heteroatoms. The van der Waals surface area contributed by atoms with Crippen molar-refractivity contribution < 1.29 is 69.8 Å². The second-order valence-corrected chi connectivity index (χ2v) is 0.346. The third-order valence-electron chi connectivity index (χ3n) is 0. The molecule has 23 N–H and O–H groups in total. The van der Waals surface area contributed by atoms with Crippen LogP contribution in [0, 0.1) is 0 Å². The van der Waals surface area contributed by atoms with Gasteiger partial charge < -0.3 is 69.8 Å². The number of rotatable bonds is 0. The molecule has 0 amide bonds. The SMILES string of the molecule is O.O.O.O.O.O.O.O.O.O.OB(O)O.[LiH]. The van der Waals surface area contributed by atoms with Gasteiger partial charge in [-0.2, -0.15) is 0 Å². The van der Waals surface area contributed by atoms with E-state index in [4.69, 9.17) is 15.1 Å². The molecule has 0 saturated carbocycles. The summed E-state index contributed by atoms with van der Waals surface area (Å²) < 4.78 is 0. The quantitative estimate of drug-likeness (QED) is 0.352. The predicted molar refractivity (Wildman–Crippen MR) is 55.7 cm³/mol. The van der Waals surface area contributed by atoms with Crippen molar-refractivity contribution in [1.29, 1.82) is 0 Å². The summed E-state index contributed by atoms with van der Waals surface area (Å²) in [5.74, 6) is 0. The monoisotopic (exact) mass is 250 g/mol. The summed E-state index contributed by atoms with van der Waals surface area (Å²) in [6.45, 7) is 0. The van der Waals surface area contributed by atoms with Crippen LogP contribution in [0.4, 0.5) is 0 Å². The molecule has 0 atom stereocenters. The molecule has 0 aliphatic rings. The zero-order valence-electron chi connectivity index (χ0n) is 6.92. The molecule has 0 rings (SSSR count). The zero-order chi connectivity index (χ0) is 3.58. The fraction of sp³-hybridized carbons (Fsp3) is 0. The fourth-order valence-corrected chi connectivity index (χ4v) is 0. The summed E-state index contributed by atoms with van der Waals surface area (Å²) in [6.07, 6.45) is 0. The van der Waals surface area contributed by atoms with Crippen LogP contribution < -0.4 is 0 Å². The standard InChI is InChI=1S/BH3O3.Li.10H2O.H/c2-1(3)4;;;;;;;;;;;;/h2-4H;;10*1H2;. The maximum atomic E-state index is 7.17. The van der Waals surface area contributed by atoms with Crippen LogP contribution in [0.15, 0.2) is 0 Å². The summed E-state index contributed by atoms with van der Waals surface area (Å²) in [7, 11) is -2.17. The van der Waals surface area contributed by atoms with E-state index in [2.05, 4.69) is 0 Å². The third-order valence-corrected chi connectivity index (χ3v) is 0. The van der Waals surface area contributed by atoms with Crippen molar-refractivity contribution in [2.45, 2.75) is 0 Å². The Bertz CT molecular complexity index is 15.3. The van der Waals surface area contributed by atoms with E-state index in [0.29, 0.717) is 0 Å². The van der Waals surface area contributed by atoms with Gasteiger partial charge in [-0.1, -0.05) is 0 Å². The van der Waals surface area contributed by atoms with E-state index < -0.39 is 7.32 Å². The Labute approximate surface area is 96.8 Å². The van der Waals surface area contributed by atoms with E-state index in [1.54, 1.807) is 0 Å². The van der Waals surface area contributed by atoms with E-state index >= 15 is 0 Å². The first-order valence-electron chi connectivity index (χ1n) is 0.775. The minimum atomic E-state index is -2.17. The van der Waals surface area contributed by atoms with Gasteiger partial charge >= 0.3 is 26.2 Å². The normalized spacial score (nSPS) is 1.80. The van der Waals surface area contributed by atoms with Gasteiger partial charge in [0.25, 0.3) is 0 Å². The van der Waals surface area contributed by atoms with Crippen molar-refractivity contribution in [1.82, 2.24) is 0 Å². The van der Waals surface area contributed by atoms with Gasteiger partial charge in [0, 0.05) is 0 Å². The first kappa shape index (κ1) is 307. The molecule has 0 heterocycles. The van der Waals surface area contributed by atoms with Crippen molar-refractivity contribution in [3.63, 3.8) is 0 Å². The molecule has 0 saturated heterocycles. The Balaban J connectivity index is -0.000000000818. The van der Waals surface area contributed by atoms with E-state index in [1.807, 2.05) is 0 Å². The number of hydrogen-bond acceptors (Lipinski definition) is 3. The average Bonchev–Trinajstić information content (AvgIpc) is 0.811. The van der Waals surface area contributed by atoms with Gasteiger partial charge in [-0.05, 0) is 0 Å². The Morgan fingerprint density at radius 1 is 0.400 bits per heavy atom. The molecule has 0 aromatic carbocycles. The molecule has 0 spiro atoms. The van der Waals surface area contributed by atoms with Crippen molar-refractivity contribution >= 4 is 26.2 Å². The Hall–Kier alpha value is 0.142. The van der Waals surface area contributed by atoms with E-state index in [0.717, 1.165) is 0 Å². The molecule has 0 aliphatic heterocycles. The molecule has 0 aromatic heterocycles. The zero-order valence-corrected chi connectivity index (χ0v) is 6.92. The van der Waals surface area contributed by atoms with Gasteiger partial charge in [-0.15, -0.1) is 0 Å².